The molecule has 0 atom stereocenters. The zero-order valence-electron chi connectivity index (χ0n) is 15.4. The van der Waals surface area contributed by atoms with Crippen LogP contribution in [0.3, 0.4) is 0 Å². The number of benzene rings is 1. The first kappa shape index (κ1) is 18.1. The topological polar surface area (TPSA) is 43.2 Å². The molecule has 0 N–H and O–H groups in total. The van der Waals surface area contributed by atoms with Gasteiger partial charge in [0.2, 0.25) is 0 Å². The SMILES string of the molecule is CCCCCc1ccc(-c2cn(CCCN3CCOCC3)nn2)cc1. The average Bonchev–Trinajstić information content (AvgIpc) is 3.12. The van der Waals surface area contributed by atoms with Crippen molar-refractivity contribution in [2.75, 3.05) is 32.8 Å². The van der Waals surface area contributed by atoms with Gasteiger partial charge in [0.05, 0.1) is 19.4 Å². The minimum absolute atomic E-state index is 0.863. The standard InChI is InChI=1S/C20H30N4O/c1-2-3-4-6-18-7-9-19(10-8-18)20-17-24(22-21-20)12-5-11-23-13-15-25-16-14-23/h7-10,17H,2-6,11-16H2,1H3. The van der Waals surface area contributed by atoms with E-state index in [2.05, 4.69) is 52.6 Å². The highest BCUT2D eigenvalue weighted by Crippen LogP contribution is 2.18. The molecule has 3 rings (SSSR count). The maximum absolute atomic E-state index is 5.38. The lowest BCUT2D eigenvalue weighted by Crippen LogP contribution is -2.37. The molecule has 0 amide bonds. The molecular formula is C20H30N4O. The molecule has 2 aromatic rings. The summed E-state index contributed by atoms with van der Waals surface area (Å²) in [7, 11) is 0. The van der Waals surface area contributed by atoms with E-state index in [9.17, 15) is 0 Å². The van der Waals surface area contributed by atoms with Crippen molar-refractivity contribution in [2.24, 2.45) is 0 Å². The molecule has 0 bridgehead atoms. The summed E-state index contributed by atoms with van der Waals surface area (Å²) >= 11 is 0. The highest BCUT2D eigenvalue weighted by molar-refractivity contribution is 5.57. The second-order valence-electron chi connectivity index (χ2n) is 6.83. The second-order valence-corrected chi connectivity index (χ2v) is 6.83. The number of hydrogen-bond donors (Lipinski definition) is 0. The molecule has 0 radical (unpaired) electrons. The van der Waals surface area contributed by atoms with Crippen LogP contribution in [0.5, 0.6) is 0 Å². The van der Waals surface area contributed by atoms with E-state index in [1.54, 1.807) is 0 Å². The maximum atomic E-state index is 5.38. The van der Waals surface area contributed by atoms with Crippen molar-refractivity contribution in [1.82, 2.24) is 19.9 Å². The third-order valence-electron chi connectivity index (χ3n) is 4.82. The van der Waals surface area contributed by atoms with Crippen LogP contribution in [0, 0.1) is 0 Å². The van der Waals surface area contributed by atoms with Crippen molar-refractivity contribution in [3.05, 3.63) is 36.0 Å². The lowest BCUT2D eigenvalue weighted by Gasteiger charge is -2.26. The van der Waals surface area contributed by atoms with E-state index in [0.717, 1.165) is 57.1 Å². The van der Waals surface area contributed by atoms with Crippen molar-refractivity contribution in [2.45, 2.75) is 45.6 Å². The Morgan fingerprint density at radius 1 is 1.00 bits per heavy atom. The van der Waals surface area contributed by atoms with Crippen LogP contribution < -0.4 is 0 Å². The van der Waals surface area contributed by atoms with Crippen LogP contribution in [-0.4, -0.2) is 52.7 Å². The van der Waals surface area contributed by atoms with E-state index in [4.69, 9.17) is 4.74 Å². The van der Waals surface area contributed by atoms with Crippen molar-refractivity contribution in [1.29, 1.82) is 0 Å². The molecule has 1 saturated heterocycles. The minimum atomic E-state index is 0.863. The van der Waals surface area contributed by atoms with Gasteiger partial charge in [-0.25, -0.2) is 0 Å². The Labute approximate surface area is 151 Å². The molecule has 1 aromatic carbocycles. The zero-order valence-corrected chi connectivity index (χ0v) is 15.4. The van der Waals surface area contributed by atoms with Gasteiger partial charge in [0, 0.05) is 31.7 Å². The Hall–Kier alpha value is -1.72. The van der Waals surface area contributed by atoms with Crippen LogP contribution in [0.25, 0.3) is 11.3 Å². The number of unbranched alkanes of at least 4 members (excludes halogenated alkanes) is 2. The molecular weight excluding hydrogens is 312 g/mol. The Kier molecular flexibility index (Phi) is 7.00. The molecule has 0 saturated carbocycles. The van der Waals surface area contributed by atoms with E-state index >= 15 is 0 Å². The smallest absolute Gasteiger partial charge is 0.113 e. The summed E-state index contributed by atoms with van der Waals surface area (Å²) in [5.41, 5.74) is 3.53. The lowest BCUT2D eigenvalue weighted by atomic mass is 10.0. The Morgan fingerprint density at radius 3 is 2.56 bits per heavy atom. The van der Waals surface area contributed by atoms with Crippen molar-refractivity contribution < 1.29 is 4.74 Å². The number of rotatable bonds is 9. The quantitative estimate of drug-likeness (QED) is 0.655. The number of aryl methyl sites for hydroxylation is 2. The number of morpholine rings is 1. The first-order chi connectivity index (χ1) is 12.3. The highest BCUT2D eigenvalue weighted by atomic mass is 16.5. The first-order valence-electron chi connectivity index (χ1n) is 9.64. The minimum Gasteiger partial charge on any atom is -0.379 e. The lowest BCUT2D eigenvalue weighted by molar-refractivity contribution is 0.0368. The van der Waals surface area contributed by atoms with E-state index in [-0.39, 0.29) is 0 Å². The summed E-state index contributed by atoms with van der Waals surface area (Å²) in [6, 6.07) is 8.79. The molecule has 1 aliphatic heterocycles. The predicted octanol–water partition coefficient (Wildman–Crippen LogP) is 3.40. The molecule has 136 valence electrons. The van der Waals surface area contributed by atoms with Gasteiger partial charge < -0.3 is 4.74 Å². The summed E-state index contributed by atoms with van der Waals surface area (Å²) in [4.78, 5) is 2.46. The maximum Gasteiger partial charge on any atom is 0.113 e. The fraction of sp³-hybridized carbons (Fsp3) is 0.600. The summed E-state index contributed by atoms with van der Waals surface area (Å²) in [6.07, 6.45) is 8.18. The molecule has 1 aromatic heterocycles. The van der Waals surface area contributed by atoms with Gasteiger partial charge >= 0.3 is 0 Å². The molecule has 2 heterocycles. The number of hydrogen-bond acceptors (Lipinski definition) is 4. The molecule has 0 unspecified atom stereocenters. The molecule has 0 aliphatic carbocycles. The monoisotopic (exact) mass is 342 g/mol. The van der Waals surface area contributed by atoms with Crippen LogP contribution >= 0.6 is 0 Å². The summed E-state index contributed by atoms with van der Waals surface area (Å²) < 4.78 is 7.35. The molecule has 5 nitrogen and oxygen atoms in total. The van der Waals surface area contributed by atoms with Gasteiger partial charge in [-0.05, 0) is 24.8 Å². The fourth-order valence-electron chi connectivity index (χ4n) is 3.24. The first-order valence-corrected chi connectivity index (χ1v) is 9.64. The van der Waals surface area contributed by atoms with Crippen LogP contribution in [0.1, 0.15) is 38.2 Å². The Morgan fingerprint density at radius 2 is 1.80 bits per heavy atom. The van der Waals surface area contributed by atoms with E-state index < -0.39 is 0 Å². The van der Waals surface area contributed by atoms with E-state index in [1.807, 2.05) is 4.68 Å². The van der Waals surface area contributed by atoms with Crippen LogP contribution in [0.2, 0.25) is 0 Å². The van der Waals surface area contributed by atoms with Crippen molar-refractivity contribution in [3.63, 3.8) is 0 Å². The molecule has 1 aliphatic rings. The van der Waals surface area contributed by atoms with Gasteiger partial charge in [0.25, 0.3) is 0 Å². The highest BCUT2D eigenvalue weighted by Gasteiger charge is 2.10. The number of ether oxygens (including phenoxy) is 1. The Balaban J connectivity index is 1.47. The average molecular weight is 342 g/mol. The summed E-state index contributed by atoms with van der Waals surface area (Å²) in [5.74, 6) is 0. The van der Waals surface area contributed by atoms with Crippen LogP contribution in [-0.2, 0) is 17.7 Å². The summed E-state index contributed by atoms with van der Waals surface area (Å²) in [6.45, 7) is 8.09. The summed E-state index contributed by atoms with van der Waals surface area (Å²) in [5, 5.41) is 8.62. The normalized spacial score (nSPS) is 15.6. The third-order valence-corrected chi connectivity index (χ3v) is 4.82. The van der Waals surface area contributed by atoms with Gasteiger partial charge in [0.15, 0.2) is 0 Å². The van der Waals surface area contributed by atoms with Gasteiger partial charge in [-0.2, -0.15) is 0 Å². The van der Waals surface area contributed by atoms with Crippen LogP contribution in [0.15, 0.2) is 30.5 Å². The molecule has 0 spiro atoms. The van der Waals surface area contributed by atoms with Crippen LogP contribution in [0.4, 0.5) is 0 Å². The van der Waals surface area contributed by atoms with Crippen molar-refractivity contribution in [3.8, 4) is 11.3 Å². The van der Waals surface area contributed by atoms with Crippen molar-refractivity contribution >= 4 is 0 Å². The van der Waals surface area contributed by atoms with Gasteiger partial charge in [-0.1, -0.05) is 49.2 Å². The largest absolute Gasteiger partial charge is 0.379 e. The van der Waals surface area contributed by atoms with E-state index in [0.29, 0.717) is 0 Å². The second kappa shape index (κ2) is 9.68. The van der Waals surface area contributed by atoms with Gasteiger partial charge in [0.1, 0.15) is 5.69 Å². The van der Waals surface area contributed by atoms with Gasteiger partial charge in [-0.3, -0.25) is 9.58 Å². The fourth-order valence-corrected chi connectivity index (χ4v) is 3.24. The van der Waals surface area contributed by atoms with E-state index in [1.165, 1.54) is 31.2 Å². The number of aromatic nitrogens is 3. The molecule has 5 heteroatoms. The third kappa shape index (κ3) is 5.65. The molecule has 25 heavy (non-hydrogen) atoms. The molecule has 1 fully saturated rings. The van der Waals surface area contributed by atoms with Gasteiger partial charge in [-0.15, -0.1) is 5.10 Å². The Bertz CT molecular complexity index is 617. The predicted molar refractivity (Wildman–Crippen MR) is 101 cm³/mol. The zero-order chi connectivity index (χ0) is 17.3. The number of nitrogens with zero attached hydrogens (tertiary/aromatic N) is 4.